The molecule has 0 radical (unpaired) electrons. The van der Waals surface area contributed by atoms with E-state index in [1.807, 2.05) is 0 Å². The summed E-state index contributed by atoms with van der Waals surface area (Å²) in [6, 6.07) is 8.49. The maximum Gasteiger partial charge on any atom is 0.222 e. The molecule has 1 aliphatic heterocycles. The standard InChI is InChI=1S/C15H19NO/c1-11-2-4-12(5-3-11)6-7-15(17)16-9-13-8-14(13)10-16/h2-5,13-14H,6-10H2,1H3. The van der Waals surface area contributed by atoms with E-state index in [-0.39, 0.29) is 0 Å². The summed E-state index contributed by atoms with van der Waals surface area (Å²) in [7, 11) is 0. The second kappa shape index (κ2) is 4.17. The molecule has 2 fully saturated rings. The van der Waals surface area contributed by atoms with Gasteiger partial charge in [0.15, 0.2) is 0 Å². The number of benzene rings is 1. The van der Waals surface area contributed by atoms with Gasteiger partial charge in [-0.2, -0.15) is 0 Å². The molecular weight excluding hydrogens is 210 g/mol. The largest absolute Gasteiger partial charge is 0.342 e. The quantitative estimate of drug-likeness (QED) is 0.779. The van der Waals surface area contributed by atoms with Crippen molar-refractivity contribution in [1.82, 2.24) is 4.90 Å². The molecule has 0 spiro atoms. The fourth-order valence-electron chi connectivity index (χ4n) is 2.77. The predicted molar refractivity (Wildman–Crippen MR) is 67.7 cm³/mol. The normalized spacial score (nSPS) is 25.8. The van der Waals surface area contributed by atoms with Gasteiger partial charge in [0.2, 0.25) is 5.91 Å². The van der Waals surface area contributed by atoms with Crippen LogP contribution in [0.1, 0.15) is 24.0 Å². The molecule has 2 unspecified atom stereocenters. The molecule has 2 aliphatic rings. The molecule has 1 saturated heterocycles. The van der Waals surface area contributed by atoms with E-state index in [0.717, 1.165) is 31.3 Å². The van der Waals surface area contributed by atoms with Gasteiger partial charge < -0.3 is 4.90 Å². The zero-order valence-electron chi connectivity index (χ0n) is 10.4. The summed E-state index contributed by atoms with van der Waals surface area (Å²) in [4.78, 5) is 14.0. The summed E-state index contributed by atoms with van der Waals surface area (Å²) in [6.07, 6.45) is 2.91. The van der Waals surface area contributed by atoms with Crippen LogP contribution >= 0.6 is 0 Å². The first-order chi connectivity index (χ1) is 8.22. The van der Waals surface area contributed by atoms with Crippen LogP contribution in [-0.2, 0) is 11.2 Å². The van der Waals surface area contributed by atoms with Gasteiger partial charge in [-0.25, -0.2) is 0 Å². The molecule has 1 amide bonds. The first-order valence-electron chi connectivity index (χ1n) is 6.55. The Bertz CT molecular complexity index is 413. The van der Waals surface area contributed by atoms with Gasteiger partial charge in [-0.05, 0) is 37.2 Å². The molecule has 17 heavy (non-hydrogen) atoms. The van der Waals surface area contributed by atoms with Gasteiger partial charge in [0, 0.05) is 19.5 Å². The lowest BCUT2D eigenvalue weighted by Crippen LogP contribution is -2.30. The van der Waals surface area contributed by atoms with Crippen molar-refractivity contribution >= 4 is 5.91 Å². The molecule has 90 valence electrons. The number of rotatable bonds is 3. The zero-order valence-corrected chi connectivity index (χ0v) is 10.4. The van der Waals surface area contributed by atoms with Crippen molar-refractivity contribution in [2.45, 2.75) is 26.2 Å². The number of fused-ring (bicyclic) bond motifs is 1. The van der Waals surface area contributed by atoms with Crippen molar-refractivity contribution in [3.63, 3.8) is 0 Å². The van der Waals surface area contributed by atoms with Crippen molar-refractivity contribution in [3.8, 4) is 0 Å². The van der Waals surface area contributed by atoms with E-state index < -0.39 is 0 Å². The van der Waals surface area contributed by atoms with Crippen molar-refractivity contribution in [2.75, 3.05) is 13.1 Å². The number of amides is 1. The molecule has 0 bridgehead atoms. The number of nitrogens with zero attached hydrogens (tertiary/aromatic N) is 1. The molecule has 0 aromatic heterocycles. The van der Waals surface area contributed by atoms with E-state index in [0.29, 0.717) is 12.3 Å². The van der Waals surface area contributed by atoms with Crippen LogP contribution in [0.15, 0.2) is 24.3 Å². The number of hydrogen-bond acceptors (Lipinski definition) is 1. The molecule has 1 saturated carbocycles. The van der Waals surface area contributed by atoms with Crippen molar-refractivity contribution in [3.05, 3.63) is 35.4 Å². The number of likely N-dealkylation sites (tertiary alicyclic amines) is 1. The van der Waals surface area contributed by atoms with Crippen molar-refractivity contribution < 1.29 is 4.79 Å². The van der Waals surface area contributed by atoms with Crippen LogP contribution in [0.5, 0.6) is 0 Å². The summed E-state index contributed by atoms with van der Waals surface area (Å²) < 4.78 is 0. The van der Waals surface area contributed by atoms with Gasteiger partial charge in [0.05, 0.1) is 0 Å². The third kappa shape index (κ3) is 2.36. The van der Waals surface area contributed by atoms with Crippen LogP contribution in [0, 0.1) is 18.8 Å². The minimum Gasteiger partial charge on any atom is -0.342 e. The van der Waals surface area contributed by atoms with E-state index in [4.69, 9.17) is 0 Å². The lowest BCUT2D eigenvalue weighted by Gasteiger charge is -2.17. The van der Waals surface area contributed by atoms with Gasteiger partial charge in [-0.1, -0.05) is 29.8 Å². The lowest BCUT2D eigenvalue weighted by molar-refractivity contribution is -0.130. The second-order valence-electron chi connectivity index (χ2n) is 5.54. The monoisotopic (exact) mass is 229 g/mol. The average molecular weight is 229 g/mol. The highest BCUT2D eigenvalue weighted by Gasteiger charge is 2.46. The van der Waals surface area contributed by atoms with Crippen LogP contribution < -0.4 is 0 Å². The molecular formula is C15H19NO. The zero-order chi connectivity index (χ0) is 11.8. The molecule has 1 heterocycles. The fourth-order valence-corrected chi connectivity index (χ4v) is 2.77. The van der Waals surface area contributed by atoms with Gasteiger partial charge >= 0.3 is 0 Å². The van der Waals surface area contributed by atoms with Gasteiger partial charge in [-0.15, -0.1) is 0 Å². The van der Waals surface area contributed by atoms with Gasteiger partial charge in [0.1, 0.15) is 0 Å². The maximum absolute atomic E-state index is 12.0. The Balaban J connectivity index is 1.50. The van der Waals surface area contributed by atoms with Crippen LogP contribution in [0.3, 0.4) is 0 Å². The van der Waals surface area contributed by atoms with E-state index in [1.54, 1.807) is 0 Å². The SMILES string of the molecule is Cc1ccc(CCC(=O)N2CC3CC3C2)cc1. The number of carbonyl (C=O) groups excluding carboxylic acids is 1. The first kappa shape index (κ1) is 10.8. The molecule has 2 heteroatoms. The van der Waals surface area contributed by atoms with E-state index >= 15 is 0 Å². The third-order valence-electron chi connectivity index (χ3n) is 4.08. The summed E-state index contributed by atoms with van der Waals surface area (Å²) in [5.74, 6) is 2.04. The molecule has 1 aromatic carbocycles. The highest BCUT2D eigenvalue weighted by atomic mass is 16.2. The number of piperidine rings is 1. The van der Waals surface area contributed by atoms with Crippen LogP contribution in [0.2, 0.25) is 0 Å². The van der Waals surface area contributed by atoms with Crippen molar-refractivity contribution in [1.29, 1.82) is 0 Å². The second-order valence-corrected chi connectivity index (χ2v) is 5.54. The highest BCUT2D eigenvalue weighted by molar-refractivity contribution is 5.77. The topological polar surface area (TPSA) is 20.3 Å². The molecule has 2 nitrogen and oxygen atoms in total. The van der Waals surface area contributed by atoms with Crippen LogP contribution in [-0.4, -0.2) is 23.9 Å². The Hall–Kier alpha value is -1.31. The summed E-state index contributed by atoms with van der Waals surface area (Å²) in [5, 5.41) is 0. The lowest BCUT2D eigenvalue weighted by atomic mass is 10.1. The van der Waals surface area contributed by atoms with E-state index in [2.05, 4.69) is 36.1 Å². The summed E-state index contributed by atoms with van der Waals surface area (Å²) >= 11 is 0. The Kier molecular flexibility index (Phi) is 2.65. The van der Waals surface area contributed by atoms with Gasteiger partial charge in [-0.3, -0.25) is 4.79 Å². The number of hydrogen-bond donors (Lipinski definition) is 0. The molecule has 3 rings (SSSR count). The Morgan fingerprint density at radius 3 is 2.53 bits per heavy atom. The van der Waals surface area contributed by atoms with Gasteiger partial charge in [0.25, 0.3) is 0 Å². The first-order valence-corrected chi connectivity index (χ1v) is 6.55. The number of carbonyl (C=O) groups is 1. The molecule has 1 aliphatic carbocycles. The van der Waals surface area contributed by atoms with Crippen LogP contribution in [0.25, 0.3) is 0 Å². The fraction of sp³-hybridized carbons (Fsp3) is 0.533. The molecule has 1 aromatic rings. The van der Waals surface area contributed by atoms with E-state index in [1.165, 1.54) is 17.5 Å². The van der Waals surface area contributed by atoms with Crippen molar-refractivity contribution in [2.24, 2.45) is 11.8 Å². The highest BCUT2D eigenvalue weighted by Crippen LogP contribution is 2.44. The molecule has 2 atom stereocenters. The predicted octanol–water partition coefficient (Wildman–Crippen LogP) is 2.41. The minimum absolute atomic E-state index is 0.345. The third-order valence-corrected chi connectivity index (χ3v) is 4.08. The Labute approximate surface area is 103 Å². The minimum atomic E-state index is 0.345. The molecule has 0 N–H and O–H groups in total. The van der Waals surface area contributed by atoms with E-state index in [9.17, 15) is 4.79 Å². The Morgan fingerprint density at radius 2 is 1.88 bits per heavy atom. The average Bonchev–Trinajstić information content (AvgIpc) is 2.95. The van der Waals surface area contributed by atoms with Crippen LogP contribution in [0.4, 0.5) is 0 Å². The Morgan fingerprint density at radius 1 is 1.24 bits per heavy atom. The summed E-state index contributed by atoms with van der Waals surface area (Å²) in [6.45, 7) is 4.14. The maximum atomic E-state index is 12.0. The number of aryl methyl sites for hydroxylation is 2. The smallest absolute Gasteiger partial charge is 0.222 e. The summed E-state index contributed by atoms with van der Waals surface area (Å²) in [5.41, 5.74) is 2.55.